The number of carboxylic acids is 1. The molecular formula is C17H19N3O5S. The van der Waals surface area contributed by atoms with Gasteiger partial charge in [0.25, 0.3) is 5.91 Å². The molecule has 1 saturated heterocycles. The molecule has 0 saturated carbocycles. The smallest absolute Gasteiger partial charge is 0.337 e. The summed E-state index contributed by atoms with van der Waals surface area (Å²) in [6.45, 7) is 0.954. The molecule has 9 heteroatoms. The SMILES string of the molecule is Cn1cc(S(=O)(=O)N2CCCC2)cc1C(=O)Nc1ccccc1C(=O)O. The van der Waals surface area contributed by atoms with Gasteiger partial charge in [0.2, 0.25) is 10.0 Å². The van der Waals surface area contributed by atoms with Crippen molar-refractivity contribution in [1.82, 2.24) is 8.87 Å². The van der Waals surface area contributed by atoms with Crippen LogP contribution in [0.2, 0.25) is 0 Å². The van der Waals surface area contributed by atoms with Crippen molar-refractivity contribution >= 4 is 27.6 Å². The molecule has 138 valence electrons. The van der Waals surface area contributed by atoms with E-state index in [1.807, 2.05) is 0 Å². The Morgan fingerprint density at radius 1 is 1.15 bits per heavy atom. The Balaban J connectivity index is 1.88. The number of carbonyl (C=O) groups is 2. The molecule has 1 aromatic carbocycles. The molecule has 1 aromatic heterocycles. The van der Waals surface area contributed by atoms with Gasteiger partial charge in [-0.2, -0.15) is 4.31 Å². The Kier molecular flexibility index (Phi) is 4.84. The molecule has 0 radical (unpaired) electrons. The van der Waals surface area contributed by atoms with E-state index in [9.17, 15) is 23.1 Å². The van der Waals surface area contributed by atoms with Gasteiger partial charge >= 0.3 is 5.97 Å². The summed E-state index contributed by atoms with van der Waals surface area (Å²) in [5.74, 6) is -1.74. The number of nitrogens with one attached hydrogen (secondary N) is 1. The van der Waals surface area contributed by atoms with Gasteiger partial charge in [-0.15, -0.1) is 0 Å². The Labute approximate surface area is 151 Å². The van der Waals surface area contributed by atoms with Crippen LogP contribution in [0.5, 0.6) is 0 Å². The molecular weight excluding hydrogens is 358 g/mol. The van der Waals surface area contributed by atoms with Crippen molar-refractivity contribution in [3.8, 4) is 0 Å². The maximum Gasteiger partial charge on any atom is 0.337 e. The normalized spacial score (nSPS) is 15.1. The van der Waals surface area contributed by atoms with Gasteiger partial charge in [-0.1, -0.05) is 12.1 Å². The molecule has 1 amide bonds. The number of aromatic carboxylic acids is 1. The van der Waals surface area contributed by atoms with Crippen molar-refractivity contribution in [3.05, 3.63) is 47.8 Å². The van der Waals surface area contributed by atoms with E-state index in [-0.39, 0.29) is 21.8 Å². The molecule has 0 spiro atoms. The highest BCUT2D eigenvalue weighted by molar-refractivity contribution is 7.89. The fraction of sp³-hybridized carbons (Fsp3) is 0.294. The van der Waals surface area contributed by atoms with Crippen molar-refractivity contribution in [1.29, 1.82) is 0 Å². The van der Waals surface area contributed by atoms with Gasteiger partial charge in [0.1, 0.15) is 10.6 Å². The van der Waals surface area contributed by atoms with E-state index < -0.39 is 21.9 Å². The number of amides is 1. The highest BCUT2D eigenvalue weighted by Gasteiger charge is 2.29. The van der Waals surface area contributed by atoms with Crippen molar-refractivity contribution in [3.63, 3.8) is 0 Å². The number of hydrogen-bond donors (Lipinski definition) is 2. The zero-order valence-electron chi connectivity index (χ0n) is 14.2. The monoisotopic (exact) mass is 377 g/mol. The number of benzene rings is 1. The zero-order chi connectivity index (χ0) is 18.9. The number of hydrogen-bond acceptors (Lipinski definition) is 4. The Morgan fingerprint density at radius 2 is 1.81 bits per heavy atom. The number of carboxylic acid groups (broad SMARTS) is 1. The predicted molar refractivity (Wildman–Crippen MR) is 94.8 cm³/mol. The van der Waals surface area contributed by atoms with Gasteiger partial charge in [-0.3, -0.25) is 4.79 Å². The number of anilines is 1. The van der Waals surface area contributed by atoms with Crippen LogP contribution in [0.1, 0.15) is 33.7 Å². The summed E-state index contributed by atoms with van der Waals surface area (Å²) in [7, 11) is -2.06. The van der Waals surface area contributed by atoms with Crippen LogP contribution < -0.4 is 5.32 Å². The maximum atomic E-state index is 12.6. The van der Waals surface area contributed by atoms with Gasteiger partial charge in [-0.05, 0) is 31.0 Å². The van der Waals surface area contributed by atoms with Crippen LogP contribution in [-0.4, -0.2) is 47.4 Å². The van der Waals surface area contributed by atoms with E-state index in [0.29, 0.717) is 13.1 Å². The van der Waals surface area contributed by atoms with Crippen LogP contribution in [0, 0.1) is 0 Å². The fourth-order valence-corrected chi connectivity index (χ4v) is 4.53. The van der Waals surface area contributed by atoms with Gasteiger partial charge in [-0.25, -0.2) is 13.2 Å². The van der Waals surface area contributed by atoms with E-state index in [1.165, 1.54) is 33.3 Å². The minimum atomic E-state index is -3.63. The highest BCUT2D eigenvalue weighted by atomic mass is 32.2. The molecule has 0 bridgehead atoms. The maximum absolute atomic E-state index is 12.6. The molecule has 1 aliphatic rings. The predicted octanol–water partition coefficient (Wildman–Crippen LogP) is 1.76. The Morgan fingerprint density at radius 3 is 2.46 bits per heavy atom. The molecule has 1 fully saturated rings. The van der Waals surface area contributed by atoms with Crippen LogP contribution in [-0.2, 0) is 17.1 Å². The molecule has 0 aliphatic carbocycles. The van der Waals surface area contributed by atoms with Gasteiger partial charge in [0.05, 0.1) is 11.3 Å². The molecule has 0 atom stereocenters. The van der Waals surface area contributed by atoms with E-state index >= 15 is 0 Å². The molecule has 1 aliphatic heterocycles. The van der Waals surface area contributed by atoms with Crippen LogP contribution in [0.4, 0.5) is 5.69 Å². The summed E-state index contributed by atoms with van der Waals surface area (Å²) in [4.78, 5) is 23.8. The average Bonchev–Trinajstić information content (AvgIpc) is 3.25. The average molecular weight is 377 g/mol. The van der Waals surface area contributed by atoms with E-state index in [1.54, 1.807) is 19.2 Å². The van der Waals surface area contributed by atoms with Crippen molar-refractivity contribution < 1.29 is 23.1 Å². The standard InChI is InChI=1S/C17H19N3O5S/c1-19-11-12(26(24,25)20-8-4-5-9-20)10-15(19)16(21)18-14-7-3-2-6-13(14)17(22)23/h2-3,6-7,10-11H,4-5,8-9H2,1H3,(H,18,21)(H,22,23). The number of para-hydroxylation sites is 1. The molecule has 0 unspecified atom stereocenters. The molecule has 2 N–H and O–H groups in total. The van der Waals surface area contributed by atoms with Crippen LogP contribution in [0.15, 0.2) is 41.4 Å². The van der Waals surface area contributed by atoms with Crippen molar-refractivity contribution in [2.75, 3.05) is 18.4 Å². The first kappa shape index (κ1) is 18.2. The lowest BCUT2D eigenvalue weighted by molar-refractivity contribution is 0.0698. The minimum absolute atomic E-state index is 0.0417. The van der Waals surface area contributed by atoms with Crippen molar-refractivity contribution in [2.24, 2.45) is 7.05 Å². The zero-order valence-corrected chi connectivity index (χ0v) is 15.0. The molecule has 2 heterocycles. The van der Waals surface area contributed by atoms with Crippen LogP contribution >= 0.6 is 0 Å². The Bertz CT molecular complexity index is 959. The number of sulfonamides is 1. The van der Waals surface area contributed by atoms with Gasteiger partial charge in [0, 0.05) is 26.3 Å². The molecule has 3 rings (SSSR count). The second-order valence-corrected chi connectivity index (χ2v) is 8.03. The highest BCUT2D eigenvalue weighted by Crippen LogP contribution is 2.23. The summed E-state index contributed by atoms with van der Waals surface area (Å²) in [6, 6.07) is 7.34. The van der Waals surface area contributed by atoms with Gasteiger partial charge < -0.3 is 15.0 Å². The third kappa shape index (κ3) is 3.35. The minimum Gasteiger partial charge on any atom is -0.478 e. The summed E-state index contributed by atoms with van der Waals surface area (Å²) in [5, 5.41) is 11.7. The first-order valence-electron chi connectivity index (χ1n) is 8.11. The van der Waals surface area contributed by atoms with Crippen molar-refractivity contribution in [2.45, 2.75) is 17.7 Å². The lowest BCUT2D eigenvalue weighted by Gasteiger charge is -2.13. The number of nitrogens with zero attached hydrogens (tertiary/aromatic N) is 2. The fourth-order valence-electron chi connectivity index (χ4n) is 2.94. The first-order valence-corrected chi connectivity index (χ1v) is 9.55. The lowest BCUT2D eigenvalue weighted by atomic mass is 10.2. The van der Waals surface area contributed by atoms with E-state index in [4.69, 9.17) is 0 Å². The quantitative estimate of drug-likeness (QED) is 0.825. The number of carbonyl (C=O) groups excluding carboxylic acids is 1. The molecule has 26 heavy (non-hydrogen) atoms. The van der Waals surface area contributed by atoms with Gasteiger partial charge in [0.15, 0.2) is 0 Å². The molecule has 2 aromatic rings. The first-order chi connectivity index (χ1) is 12.3. The number of rotatable bonds is 5. The summed E-state index contributed by atoms with van der Waals surface area (Å²) >= 11 is 0. The number of aryl methyl sites for hydroxylation is 1. The lowest BCUT2D eigenvalue weighted by Crippen LogP contribution is -2.27. The summed E-state index contributed by atoms with van der Waals surface area (Å²) in [6.07, 6.45) is 3.04. The third-order valence-corrected chi connectivity index (χ3v) is 6.18. The van der Waals surface area contributed by atoms with E-state index in [2.05, 4.69) is 5.32 Å². The largest absolute Gasteiger partial charge is 0.478 e. The third-order valence-electron chi connectivity index (χ3n) is 4.32. The Hall–Kier alpha value is -2.65. The summed E-state index contributed by atoms with van der Waals surface area (Å²) in [5.41, 5.74) is 0.234. The van der Waals surface area contributed by atoms with Crippen LogP contribution in [0.25, 0.3) is 0 Å². The molecule has 8 nitrogen and oxygen atoms in total. The second kappa shape index (κ2) is 6.93. The van der Waals surface area contributed by atoms with E-state index in [0.717, 1.165) is 12.8 Å². The van der Waals surface area contributed by atoms with Crippen LogP contribution in [0.3, 0.4) is 0 Å². The second-order valence-electron chi connectivity index (χ2n) is 6.09. The topological polar surface area (TPSA) is 109 Å². The summed E-state index contributed by atoms with van der Waals surface area (Å²) < 4.78 is 28.1. The number of aromatic nitrogens is 1.